The van der Waals surface area contributed by atoms with Crippen LogP contribution in [0.15, 0.2) is 28.7 Å². The molecule has 0 fully saturated rings. The molecule has 1 aromatic carbocycles. The van der Waals surface area contributed by atoms with Gasteiger partial charge in [0.25, 0.3) is 0 Å². The maximum absolute atomic E-state index is 12.1. The average molecular weight is 270 g/mol. The minimum atomic E-state index is -4.38. The maximum Gasteiger partial charge on any atom is 0.407 e. The number of benzene rings is 1. The molecule has 1 rings (SSSR count). The molecule has 1 nitrogen and oxygen atoms in total. The Kier molecular flexibility index (Phi) is 4.61. The summed E-state index contributed by atoms with van der Waals surface area (Å²) in [6.07, 6.45) is -4.38. The molecule has 0 aromatic heterocycles. The summed E-state index contributed by atoms with van der Waals surface area (Å²) < 4.78 is 37.0. The number of nitrogens with two attached hydrogens (primary N) is 1. The van der Waals surface area contributed by atoms with E-state index in [-0.39, 0.29) is 13.0 Å². The van der Waals surface area contributed by atoms with Crippen molar-refractivity contribution < 1.29 is 13.2 Å². The van der Waals surface area contributed by atoms with Crippen LogP contribution >= 0.6 is 15.9 Å². The SMILES string of the molecule is C.NC(c1ccc(Br)cc1)C(F)(F)F. The third-order valence-corrected chi connectivity index (χ3v) is 2.11. The lowest BCUT2D eigenvalue weighted by Gasteiger charge is -2.15. The molecule has 2 N–H and O–H groups in total. The van der Waals surface area contributed by atoms with Crippen molar-refractivity contribution in [3.05, 3.63) is 34.3 Å². The number of rotatable bonds is 1. The molecule has 14 heavy (non-hydrogen) atoms. The predicted molar refractivity (Wildman–Crippen MR) is 53.9 cm³/mol. The van der Waals surface area contributed by atoms with Gasteiger partial charge in [-0.2, -0.15) is 13.2 Å². The van der Waals surface area contributed by atoms with E-state index in [4.69, 9.17) is 5.73 Å². The third kappa shape index (κ3) is 3.31. The summed E-state index contributed by atoms with van der Waals surface area (Å²) >= 11 is 3.12. The van der Waals surface area contributed by atoms with Gasteiger partial charge in [-0.25, -0.2) is 0 Å². The van der Waals surface area contributed by atoms with Crippen molar-refractivity contribution in [2.45, 2.75) is 19.6 Å². The van der Waals surface area contributed by atoms with Gasteiger partial charge in [0.05, 0.1) is 0 Å². The molecular formula is C9H11BrF3N. The minimum Gasteiger partial charge on any atom is -0.316 e. The van der Waals surface area contributed by atoms with Crippen molar-refractivity contribution in [2.75, 3.05) is 0 Å². The summed E-state index contributed by atoms with van der Waals surface area (Å²) in [5.74, 6) is 0. The Morgan fingerprint density at radius 1 is 1.14 bits per heavy atom. The zero-order valence-corrected chi connectivity index (χ0v) is 8.06. The molecule has 1 aromatic rings. The van der Waals surface area contributed by atoms with Crippen LogP contribution in [-0.2, 0) is 0 Å². The van der Waals surface area contributed by atoms with Crippen LogP contribution in [0.5, 0.6) is 0 Å². The fourth-order valence-corrected chi connectivity index (χ4v) is 1.12. The third-order valence-electron chi connectivity index (χ3n) is 1.58. The molecule has 0 amide bonds. The van der Waals surface area contributed by atoms with Crippen molar-refractivity contribution in [3.63, 3.8) is 0 Å². The Bertz CT molecular complexity index is 281. The second-order valence-corrected chi connectivity index (χ2v) is 3.49. The van der Waals surface area contributed by atoms with E-state index in [1.165, 1.54) is 24.3 Å². The summed E-state index contributed by atoms with van der Waals surface area (Å²) in [7, 11) is 0. The van der Waals surface area contributed by atoms with Crippen LogP contribution in [0.2, 0.25) is 0 Å². The predicted octanol–water partition coefficient (Wildman–Crippen LogP) is 3.65. The molecule has 80 valence electrons. The number of hydrogen-bond acceptors (Lipinski definition) is 1. The number of alkyl halides is 3. The first-order valence-corrected chi connectivity index (χ1v) is 4.28. The Balaban J connectivity index is 0.00000169. The second kappa shape index (κ2) is 4.79. The average Bonchev–Trinajstić information content (AvgIpc) is 2.03. The van der Waals surface area contributed by atoms with E-state index in [1.807, 2.05) is 0 Å². The summed E-state index contributed by atoms with van der Waals surface area (Å²) in [6, 6.07) is 3.85. The zero-order chi connectivity index (χ0) is 10.1. The Labute approximate surface area is 89.2 Å². The van der Waals surface area contributed by atoms with Crippen LogP contribution in [0.1, 0.15) is 19.0 Å². The molecule has 0 radical (unpaired) electrons. The van der Waals surface area contributed by atoms with Gasteiger partial charge in [0.1, 0.15) is 6.04 Å². The second-order valence-electron chi connectivity index (χ2n) is 2.57. The van der Waals surface area contributed by atoms with E-state index in [0.29, 0.717) is 0 Å². The molecule has 0 heterocycles. The molecule has 5 heteroatoms. The molecule has 1 unspecified atom stereocenters. The van der Waals surface area contributed by atoms with Crippen LogP contribution in [0, 0.1) is 0 Å². The highest BCUT2D eigenvalue weighted by molar-refractivity contribution is 9.10. The van der Waals surface area contributed by atoms with Crippen LogP contribution in [0.4, 0.5) is 13.2 Å². The number of halogens is 4. The first kappa shape index (κ1) is 13.4. The van der Waals surface area contributed by atoms with Gasteiger partial charge in [0, 0.05) is 4.47 Å². The van der Waals surface area contributed by atoms with E-state index in [1.54, 1.807) is 0 Å². The highest BCUT2D eigenvalue weighted by Crippen LogP contribution is 2.30. The standard InChI is InChI=1S/C8H7BrF3N.CH4/c9-6-3-1-5(2-4-6)7(13)8(10,11)12;/h1-4,7H,13H2;1H4. The van der Waals surface area contributed by atoms with Gasteiger partial charge in [0.15, 0.2) is 0 Å². The number of hydrogen-bond donors (Lipinski definition) is 1. The zero-order valence-electron chi connectivity index (χ0n) is 6.48. The van der Waals surface area contributed by atoms with Crippen molar-refractivity contribution in [1.82, 2.24) is 0 Å². The Hall–Kier alpha value is -0.550. The van der Waals surface area contributed by atoms with Crippen LogP contribution < -0.4 is 5.73 Å². The van der Waals surface area contributed by atoms with Crippen LogP contribution in [0.3, 0.4) is 0 Å². The molecule has 0 saturated heterocycles. The summed E-state index contributed by atoms with van der Waals surface area (Å²) in [5, 5.41) is 0. The van der Waals surface area contributed by atoms with E-state index < -0.39 is 12.2 Å². The van der Waals surface area contributed by atoms with Crippen molar-refractivity contribution >= 4 is 15.9 Å². The lowest BCUT2D eigenvalue weighted by atomic mass is 10.1. The molecule has 0 aliphatic heterocycles. The monoisotopic (exact) mass is 269 g/mol. The summed E-state index contributed by atoms with van der Waals surface area (Å²) in [4.78, 5) is 0. The molecule has 0 aliphatic carbocycles. The Morgan fingerprint density at radius 3 is 1.93 bits per heavy atom. The molecular weight excluding hydrogens is 259 g/mol. The fourth-order valence-electron chi connectivity index (χ4n) is 0.859. The lowest BCUT2D eigenvalue weighted by Crippen LogP contribution is -2.28. The quantitative estimate of drug-likeness (QED) is 0.828. The van der Waals surface area contributed by atoms with Gasteiger partial charge in [0.2, 0.25) is 0 Å². The van der Waals surface area contributed by atoms with Gasteiger partial charge >= 0.3 is 6.18 Å². The molecule has 1 atom stereocenters. The van der Waals surface area contributed by atoms with Gasteiger partial charge in [-0.3, -0.25) is 0 Å². The van der Waals surface area contributed by atoms with E-state index in [0.717, 1.165) is 4.47 Å². The highest BCUT2D eigenvalue weighted by atomic mass is 79.9. The first-order valence-electron chi connectivity index (χ1n) is 3.49. The van der Waals surface area contributed by atoms with E-state index in [2.05, 4.69) is 15.9 Å². The van der Waals surface area contributed by atoms with Gasteiger partial charge in [-0.1, -0.05) is 35.5 Å². The molecule has 0 aliphatic rings. The normalized spacial score (nSPS) is 13.2. The van der Waals surface area contributed by atoms with Crippen LogP contribution in [-0.4, -0.2) is 6.18 Å². The van der Waals surface area contributed by atoms with Crippen molar-refractivity contribution in [2.24, 2.45) is 5.73 Å². The topological polar surface area (TPSA) is 26.0 Å². The van der Waals surface area contributed by atoms with Crippen molar-refractivity contribution in [3.8, 4) is 0 Å². The largest absolute Gasteiger partial charge is 0.407 e. The molecule has 0 spiro atoms. The maximum atomic E-state index is 12.1. The lowest BCUT2D eigenvalue weighted by molar-refractivity contribution is -0.149. The van der Waals surface area contributed by atoms with Gasteiger partial charge < -0.3 is 5.73 Å². The summed E-state index contributed by atoms with van der Waals surface area (Å²) in [5.41, 5.74) is 5.05. The Morgan fingerprint density at radius 2 is 1.57 bits per heavy atom. The van der Waals surface area contributed by atoms with Crippen molar-refractivity contribution in [1.29, 1.82) is 0 Å². The van der Waals surface area contributed by atoms with Gasteiger partial charge in [-0.05, 0) is 17.7 Å². The molecule has 0 saturated carbocycles. The van der Waals surface area contributed by atoms with E-state index in [9.17, 15) is 13.2 Å². The first-order chi connectivity index (χ1) is 5.91. The van der Waals surface area contributed by atoms with Gasteiger partial charge in [-0.15, -0.1) is 0 Å². The fraction of sp³-hybridized carbons (Fsp3) is 0.333. The summed E-state index contributed by atoms with van der Waals surface area (Å²) in [6.45, 7) is 0. The minimum absolute atomic E-state index is 0. The van der Waals surface area contributed by atoms with Crippen LogP contribution in [0.25, 0.3) is 0 Å². The smallest absolute Gasteiger partial charge is 0.316 e. The highest BCUT2D eigenvalue weighted by Gasteiger charge is 2.37. The van der Waals surface area contributed by atoms with E-state index >= 15 is 0 Å². The molecule has 0 bridgehead atoms.